The molecule has 0 spiro atoms. The maximum absolute atomic E-state index is 14.4. The van der Waals surface area contributed by atoms with E-state index in [4.69, 9.17) is 29.0 Å². The van der Waals surface area contributed by atoms with Crippen LogP contribution >= 0.6 is 0 Å². The van der Waals surface area contributed by atoms with Crippen LogP contribution in [0, 0.1) is 12.7 Å². The first-order valence-electron chi connectivity index (χ1n) is 17.1. The zero-order valence-electron chi connectivity index (χ0n) is 30.3. The maximum atomic E-state index is 14.4. The molecule has 0 bridgehead atoms. The number of halogens is 1. The van der Waals surface area contributed by atoms with E-state index < -0.39 is 17.7 Å². The molecule has 0 aliphatic carbocycles. The van der Waals surface area contributed by atoms with Crippen LogP contribution in [-0.2, 0) is 19.0 Å². The number of aromatic nitrogens is 3. The van der Waals surface area contributed by atoms with E-state index in [0.717, 1.165) is 35.3 Å². The number of anilines is 1. The first-order chi connectivity index (χ1) is 23.8. The van der Waals surface area contributed by atoms with E-state index in [-0.39, 0.29) is 17.5 Å². The Labute approximate surface area is 294 Å². The van der Waals surface area contributed by atoms with Gasteiger partial charge >= 0.3 is 5.97 Å². The van der Waals surface area contributed by atoms with Crippen molar-refractivity contribution < 1.29 is 28.1 Å². The molecule has 2 aromatic heterocycles. The van der Waals surface area contributed by atoms with E-state index >= 15 is 0 Å². The van der Waals surface area contributed by atoms with Crippen LogP contribution in [-0.4, -0.2) is 64.7 Å². The fourth-order valence-corrected chi connectivity index (χ4v) is 6.33. The van der Waals surface area contributed by atoms with E-state index in [2.05, 4.69) is 25.0 Å². The second-order valence-electron chi connectivity index (χ2n) is 14.1. The van der Waals surface area contributed by atoms with Crippen LogP contribution in [0.15, 0.2) is 73.8 Å². The number of esters is 1. The van der Waals surface area contributed by atoms with Crippen LogP contribution in [0.25, 0.3) is 28.0 Å². The predicted molar refractivity (Wildman–Crippen MR) is 195 cm³/mol. The highest BCUT2D eigenvalue weighted by molar-refractivity contribution is 5.81. The number of ether oxygens (including phenoxy) is 4. The summed E-state index contributed by atoms with van der Waals surface area (Å²) in [5.74, 6) is 0.298. The lowest BCUT2D eigenvalue weighted by Gasteiger charge is -2.41. The third kappa shape index (κ3) is 8.25. The average molecular weight is 685 g/mol. The summed E-state index contributed by atoms with van der Waals surface area (Å²) in [5, 5.41) is 5.11. The summed E-state index contributed by atoms with van der Waals surface area (Å²) in [6.07, 6.45) is 4.49. The molecule has 0 radical (unpaired) electrons. The zero-order chi connectivity index (χ0) is 36.2. The van der Waals surface area contributed by atoms with Gasteiger partial charge in [0, 0.05) is 48.5 Å². The summed E-state index contributed by atoms with van der Waals surface area (Å²) in [6, 6.07) is 14.4. The number of aryl methyl sites for hydroxylation is 1. The van der Waals surface area contributed by atoms with Crippen molar-refractivity contribution >= 4 is 17.4 Å². The fraction of sp³-hybridized carbons (Fsp3) is 0.425. The number of nitrogens with zero attached hydrogens (tertiary/aromatic N) is 4. The van der Waals surface area contributed by atoms with Crippen LogP contribution in [0.3, 0.4) is 0 Å². The lowest BCUT2D eigenvalue weighted by Crippen LogP contribution is -2.45. The molecule has 1 aliphatic heterocycles. The van der Waals surface area contributed by atoms with Crippen LogP contribution in [0.5, 0.6) is 5.75 Å². The van der Waals surface area contributed by atoms with Crippen molar-refractivity contribution in [1.29, 1.82) is 0 Å². The number of fused-ring (bicyclic) bond motifs is 1. The summed E-state index contributed by atoms with van der Waals surface area (Å²) < 4.78 is 40.1. The first kappa shape index (κ1) is 36.7. The molecule has 1 fully saturated rings. The molecule has 5 rings (SSSR count). The summed E-state index contributed by atoms with van der Waals surface area (Å²) in [6.45, 7) is 21.1. The quantitative estimate of drug-likeness (QED) is 0.102. The highest BCUT2D eigenvalue weighted by Gasteiger charge is 2.38. The van der Waals surface area contributed by atoms with Gasteiger partial charge in [-0.1, -0.05) is 30.4 Å². The zero-order valence-corrected chi connectivity index (χ0v) is 30.3. The number of piperidine rings is 1. The SMILES string of the molecule is C=CCOC1(C)CCN(c2c(C(OC(C)(C)C)C(=O)OC)c(C)nc3cc(-c4cccc(-c5ccc(F)cc5OC(C)CC=C)c4)nn23)CC1. The molecule has 2 unspecified atom stereocenters. The van der Waals surface area contributed by atoms with Crippen molar-refractivity contribution in [3.05, 3.63) is 90.9 Å². The molecule has 0 saturated carbocycles. The topological polar surface area (TPSA) is 87.4 Å². The van der Waals surface area contributed by atoms with Crippen molar-refractivity contribution in [2.45, 2.75) is 84.2 Å². The Balaban J connectivity index is 1.64. The lowest BCUT2D eigenvalue weighted by atomic mass is 9.92. The molecule has 1 aliphatic rings. The number of rotatable bonds is 13. The van der Waals surface area contributed by atoms with Crippen LogP contribution < -0.4 is 9.64 Å². The molecular weight excluding hydrogens is 635 g/mol. The average Bonchev–Trinajstić information content (AvgIpc) is 3.49. The molecule has 50 heavy (non-hydrogen) atoms. The van der Waals surface area contributed by atoms with Crippen molar-refractivity contribution in [3.63, 3.8) is 0 Å². The Bertz CT molecular complexity index is 1850. The van der Waals surface area contributed by atoms with E-state index in [0.29, 0.717) is 54.5 Å². The highest BCUT2D eigenvalue weighted by Crippen LogP contribution is 2.39. The Kier molecular flexibility index (Phi) is 11.1. The first-order valence-corrected chi connectivity index (χ1v) is 17.1. The Hall–Kier alpha value is -4.54. The standard InChI is InChI=1S/C40H49FN4O5/c1-10-13-26(3)49-33-24-30(41)16-17-31(33)28-14-12-15-29(23-28)32-25-34-42-27(4)35(36(38(46)47-9)50-39(5,6)7)37(45(34)43-32)44-20-18-40(8,19-21-44)48-22-11-2/h10-12,14-17,23-26,36H,1-2,13,18-22H2,3-9H3. The molecule has 2 aromatic carbocycles. The summed E-state index contributed by atoms with van der Waals surface area (Å²) in [4.78, 5) is 20.6. The van der Waals surface area contributed by atoms with E-state index in [1.54, 1.807) is 18.2 Å². The number of methoxy groups -OCH3 is 1. The summed E-state index contributed by atoms with van der Waals surface area (Å²) >= 11 is 0. The van der Waals surface area contributed by atoms with Crippen LogP contribution in [0.2, 0.25) is 0 Å². The minimum absolute atomic E-state index is 0.172. The normalized spacial score (nSPS) is 15.8. The van der Waals surface area contributed by atoms with Crippen molar-refractivity contribution in [1.82, 2.24) is 14.6 Å². The van der Waals surface area contributed by atoms with Gasteiger partial charge in [-0.2, -0.15) is 9.61 Å². The van der Waals surface area contributed by atoms with E-state index in [1.807, 2.05) is 69.5 Å². The fourth-order valence-electron chi connectivity index (χ4n) is 6.33. The maximum Gasteiger partial charge on any atom is 0.339 e. The minimum atomic E-state index is -1.03. The molecular formula is C40H49FN4O5. The molecule has 2 atom stereocenters. The minimum Gasteiger partial charge on any atom is -0.490 e. The number of carbonyl (C=O) groups excluding carboxylic acids is 1. The van der Waals surface area contributed by atoms with Crippen LogP contribution in [0.1, 0.15) is 71.2 Å². The Morgan fingerprint density at radius 2 is 1.80 bits per heavy atom. The molecule has 266 valence electrons. The van der Waals surface area contributed by atoms with Gasteiger partial charge in [0.2, 0.25) is 0 Å². The number of hydrogen-bond acceptors (Lipinski definition) is 8. The van der Waals surface area contributed by atoms with Gasteiger partial charge in [-0.3, -0.25) is 0 Å². The number of benzene rings is 2. The largest absolute Gasteiger partial charge is 0.490 e. The highest BCUT2D eigenvalue weighted by atomic mass is 19.1. The summed E-state index contributed by atoms with van der Waals surface area (Å²) in [5.41, 5.74) is 4.06. The van der Waals surface area contributed by atoms with Gasteiger partial charge in [0.1, 0.15) is 17.4 Å². The van der Waals surface area contributed by atoms with Gasteiger partial charge in [0.15, 0.2) is 11.8 Å². The molecule has 0 N–H and O–H groups in total. The van der Waals surface area contributed by atoms with Crippen LogP contribution in [0.4, 0.5) is 10.2 Å². The van der Waals surface area contributed by atoms with Gasteiger partial charge < -0.3 is 23.8 Å². The third-order valence-corrected chi connectivity index (χ3v) is 8.86. The lowest BCUT2D eigenvalue weighted by molar-refractivity contribution is -0.164. The molecule has 0 amide bonds. The number of carbonyl (C=O) groups is 1. The predicted octanol–water partition coefficient (Wildman–Crippen LogP) is 8.44. The second-order valence-corrected chi connectivity index (χ2v) is 14.1. The third-order valence-electron chi connectivity index (χ3n) is 8.86. The van der Waals surface area contributed by atoms with Gasteiger partial charge in [0.05, 0.1) is 42.3 Å². The van der Waals surface area contributed by atoms with Gasteiger partial charge in [0.25, 0.3) is 0 Å². The Morgan fingerprint density at radius 3 is 2.46 bits per heavy atom. The van der Waals surface area contributed by atoms with Crippen molar-refractivity contribution in [2.24, 2.45) is 0 Å². The molecule has 9 nitrogen and oxygen atoms in total. The number of hydrogen-bond donors (Lipinski definition) is 0. The molecule has 10 heteroatoms. The van der Waals surface area contributed by atoms with Gasteiger partial charge in [-0.05, 0) is 78.1 Å². The van der Waals surface area contributed by atoms with E-state index in [9.17, 15) is 9.18 Å². The molecule has 1 saturated heterocycles. The summed E-state index contributed by atoms with van der Waals surface area (Å²) in [7, 11) is 1.36. The Morgan fingerprint density at radius 1 is 1.08 bits per heavy atom. The van der Waals surface area contributed by atoms with E-state index in [1.165, 1.54) is 19.2 Å². The van der Waals surface area contributed by atoms with Crippen molar-refractivity contribution in [2.75, 3.05) is 31.7 Å². The van der Waals surface area contributed by atoms with Crippen molar-refractivity contribution in [3.8, 4) is 28.1 Å². The van der Waals surface area contributed by atoms with Gasteiger partial charge in [-0.15, -0.1) is 13.2 Å². The van der Waals surface area contributed by atoms with Gasteiger partial charge in [-0.25, -0.2) is 14.2 Å². The smallest absolute Gasteiger partial charge is 0.339 e. The molecule has 4 aromatic rings. The molecule has 3 heterocycles. The monoisotopic (exact) mass is 684 g/mol. The second kappa shape index (κ2) is 15.1.